The quantitative estimate of drug-likeness (QED) is 0.824. The summed E-state index contributed by atoms with van der Waals surface area (Å²) in [4.78, 5) is 4.29. The average molecular weight is 252 g/mol. The first-order chi connectivity index (χ1) is 9.10. The Morgan fingerprint density at radius 1 is 1.32 bits per heavy atom. The van der Waals surface area contributed by atoms with Crippen LogP contribution in [-0.2, 0) is 6.54 Å². The van der Waals surface area contributed by atoms with Crippen molar-refractivity contribution in [3.63, 3.8) is 0 Å². The number of anilines is 2. The Kier molecular flexibility index (Phi) is 3.67. The lowest BCUT2D eigenvalue weighted by molar-refractivity contribution is 1.08. The predicted octanol–water partition coefficient (Wildman–Crippen LogP) is 2.76. The minimum atomic E-state index is 0.592. The fraction of sp³-hybridized carbons (Fsp3) is 0.200. The fourth-order valence-electron chi connectivity index (χ4n) is 2.01. The van der Waals surface area contributed by atoms with Crippen molar-refractivity contribution in [2.75, 3.05) is 11.1 Å². The number of nitrogens with zero attached hydrogens (tertiary/aromatic N) is 2. The molecule has 1 heterocycles. The van der Waals surface area contributed by atoms with Gasteiger partial charge in [-0.05, 0) is 37.6 Å². The molecule has 1 aromatic heterocycles. The van der Waals surface area contributed by atoms with E-state index in [4.69, 9.17) is 5.73 Å². The highest BCUT2D eigenvalue weighted by Gasteiger charge is 2.07. The molecule has 0 unspecified atom stereocenters. The van der Waals surface area contributed by atoms with Crippen LogP contribution in [-0.4, -0.2) is 4.98 Å². The largest absolute Gasteiger partial charge is 0.399 e. The van der Waals surface area contributed by atoms with E-state index in [1.54, 1.807) is 0 Å². The van der Waals surface area contributed by atoms with Gasteiger partial charge >= 0.3 is 0 Å². The highest BCUT2D eigenvalue weighted by Crippen LogP contribution is 2.19. The van der Waals surface area contributed by atoms with E-state index in [-0.39, 0.29) is 0 Å². The molecule has 1 aromatic carbocycles. The molecule has 3 N–H and O–H groups in total. The van der Waals surface area contributed by atoms with Crippen molar-refractivity contribution >= 4 is 11.4 Å². The molecule has 0 aliphatic carbocycles. The second-order valence-electron chi connectivity index (χ2n) is 4.48. The third-order valence-corrected chi connectivity index (χ3v) is 2.87. The molecule has 96 valence electrons. The number of nitrogens with two attached hydrogens (primary N) is 1. The zero-order valence-electron chi connectivity index (χ0n) is 11.1. The molecule has 4 heteroatoms. The van der Waals surface area contributed by atoms with Crippen molar-refractivity contribution in [3.8, 4) is 6.07 Å². The van der Waals surface area contributed by atoms with Crippen LogP contribution in [0.25, 0.3) is 0 Å². The van der Waals surface area contributed by atoms with Crippen LogP contribution in [0.2, 0.25) is 0 Å². The minimum absolute atomic E-state index is 0.592. The Bertz CT molecular complexity index is 641. The van der Waals surface area contributed by atoms with Gasteiger partial charge in [-0.3, -0.25) is 4.98 Å². The van der Waals surface area contributed by atoms with Crippen molar-refractivity contribution in [2.45, 2.75) is 20.4 Å². The smallest absolute Gasteiger partial charge is 0.103 e. The van der Waals surface area contributed by atoms with Gasteiger partial charge in [0.25, 0.3) is 0 Å². The van der Waals surface area contributed by atoms with Gasteiger partial charge in [-0.1, -0.05) is 12.1 Å². The third kappa shape index (κ3) is 3.02. The first-order valence-corrected chi connectivity index (χ1v) is 6.07. The summed E-state index contributed by atoms with van der Waals surface area (Å²) in [6, 6.07) is 11.8. The van der Waals surface area contributed by atoms with E-state index >= 15 is 0 Å². The highest BCUT2D eigenvalue weighted by molar-refractivity contribution is 5.60. The van der Waals surface area contributed by atoms with E-state index in [1.807, 2.05) is 44.2 Å². The van der Waals surface area contributed by atoms with Gasteiger partial charge in [-0.25, -0.2) is 0 Å². The maximum absolute atomic E-state index is 9.18. The lowest BCUT2D eigenvalue weighted by atomic mass is 10.1. The van der Waals surface area contributed by atoms with Crippen LogP contribution in [0.5, 0.6) is 0 Å². The molecular formula is C15H16N4. The Balaban J connectivity index is 2.22. The molecule has 0 spiro atoms. The molecule has 0 amide bonds. The number of hydrogen-bond acceptors (Lipinski definition) is 4. The number of nitrogens with one attached hydrogen (secondary N) is 1. The van der Waals surface area contributed by atoms with Crippen LogP contribution in [0, 0.1) is 25.2 Å². The summed E-state index contributed by atoms with van der Waals surface area (Å²) in [6.45, 7) is 4.39. The van der Waals surface area contributed by atoms with Crippen LogP contribution in [0.15, 0.2) is 30.3 Å². The van der Waals surface area contributed by atoms with E-state index in [0.717, 1.165) is 28.3 Å². The second-order valence-corrected chi connectivity index (χ2v) is 4.48. The van der Waals surface area contributed by atoms with E-state index in [1.165, 1.54) is 0 Å². The Labute approximate surface area is 112 Å². The van der Waals surface area contributed by atoms with Gasteiger partial charge in [0.05, 0.1) is 16.9 Å². The van der Waals surface area contributed by atoms with Gasteiger partial charge in [0.1, 0.15) is 6.07 Å². The second kappa shape index (κ2) is 5.40. The molecule has 4 nitrogen and oxygen atoms in total. The molecule has 2 rings (SSSR count). The van der Waals surface area contributed by atoms with Crippen molar-refractivity contribution in [2.24, 2.45) is 0 Å². The van der Waals surface area contributed by atoms with Crippen LogP contribution in [0.3, 0.4) is 0 Å². The Morgan fingerprint density at radius 2 is 2.11 bits per heavy atom. The molecule has 0 atom stereocenters. The van der Waals surface area contributed by atoms with E-state index in [9.17, 15) is 5.26 Å². The number of benzene rings is 1. The summed E-state index contributed by atoms with van der Waals surface area (Å²) in [5.41, 5.74) is 10.6. The summed E-state index contributed by atoms with van der Waals surface area (Å²) in [7, 11) is 0. The lowest BCUT2D eigenvalue weighted by Gasteiger charge is -2.11. The molecule has 0 aliphatic heterocycles. The zero-order valence-corrected chi connectivity index (χ0v) is 11.1. The van der Waals surface area contributed by atoms with Crippen LogP contribution < -0.4 is 11.1 Å². The molecule has 2 aromatic rings. The summed E-state index contributed by atoms with van der Waals surface area (Å²) in [5, 5.41) is 12.5. The SMILES string of the molecule is Cc1cc(NCc2cccc(N)c2)c(C#N)c(C)n1. The van der Waals surface area contributed by atoms with Crippen molar-refractivity contribution in [1.82, 2.24) is 4.98 Å². The van der Waals surface area contributed by atoms with Gasteiger partial charge < -0.3 is 11.1 Å². The van der Waals surface area contributed by atoms with Crippen molar-refractivity contribution < 1.29 is 0 Å². The van der Waals surface area contributed by atoms with Gasteiger partial charge in [0.15, 0.2) is 0 Å². The number of nitriles is 1. The zero-order chi connectivity index (χ0) is 13.8. The molecule has 0 fully saturated rings. The number of hydrogen-bond donors (Lipinski definition) is 2. The maximum atomic E-state index is 9.18. The molecule has 0 aliphatic rings. The fourth-order valence-corrected chi connectivity index (χ4v) is 2.01. The van der Waals surface area contributed by atoms with Gasteiger partial charge in [0.2, 0.25) is 0 Å². The Morgan fingerprint density at radius 3 is 2.79 bits per heavy atom. The van der Waals surface area contributed by atoms with Crippen LogP contribution >= 0.6 is 0 Å². The number of aromatic nitrogens is 1. The van der Waals surface area contributed by atoms with Crippen molar-refractivity contribution in [1.29, 1.82) is 5.26 Å². The number of aryl methyl sites for hydroxylation is 2. The molecule has 0 bridgehead atoms. The summed E-state index contributed by atoms with van der Waals surface area (Å²) in [6.07, 6.45) is 0. The predicted molar refractivity (Wildman–Crippen MR) is 76.6 cm³/mol. The van der Waals surface area contributed by atoms with Crippen molar-refractivity contribution in [3.05, 3.63) is 52.8 Å². The number of pyridine rings is 1. The summed E-state index contributed by atoms with van der Waals surface area (Å²) >= 11 is 0. The van der Waals surface area contributed by atoms with E-state index in [2.05, 4.69) is 16.4 Å². The average Bonchev–Trinajstić information content (AvgIpc) is 2.36. The van der Waals surface area contributed by atoms with E-state index < -0.39 is 0 Å². The topological polar surface area (TPSA) is 74.7 Å². The molecule has 0 saturated carbocycles. The Hall–Kier alpha value is -2.54. The van der Waals surface area contributed by atoms with E-state index in [0.29, 0.717) is 12.1 Å². The molecule has 0 radical (unpaired) electrons. The van der Waals surface area contributed by atoms with Gasteiger partial charge in [-0.15, -0.1) is 0 Å². The van der Waals surface area contributed by atoms with Crippen LogP contribution in [0.4, 0.5) is 11.4 Å². The minimum Gasteiger partial charge on any atom is -0.399 e. The standard InChI is InChI=1S/C15H16N4/c1-10-6-15(14(8-16)11(2)19-10)18-9-12-4-3-5-13(17)7-12/h3-7H,9,17H2,1-2H3,(H,18,19). The van der Waals surface area contributed by atoms with Gasteiger partial charge in [-0.2, -0.15) is 5.26 Å². The normalized spacial score (nSPS) is 9.95. The number of nitrogen functional groups attached to an aromatic ring is 1. The highest BCUT2D eigenvalue weighted by atomic mass is 14.9. The summed E-state index contributed by atoms with van der Waals surface area (Å²) in [5.74, 6) is 0. The molecule has 0 saturated heterocycles. The van der Waals surface area contributed by atoms with Gasteiger partial charge in [0, 0.05) is 17.9 Å². The third-order valence-electron chi connectivity index (χ3n) is 2.87. The molecular weight excluding hydrogens is 236 g/mol. The summed E-state index contributed by atoms with van der Waals surface area (Å²) < 4.78 is 0. The first-order valence-electron chi connectivity index (χ1n) is 6.07. The maximum Gasteiger partial charge on any atom is 0.103 e. The van der Waals surface area contributed by atoms with Crippen LogP contribution in [0.1, 0.15) is 22.5 Å². The first kappa shape index (κ1) is 12.9. The molecule has 19 heavy (non-hydrogen) atoms. The lowest BCUT2D eigenvalue weighted by Crippen LogP contribution is -2.04. The number of rotatable bonds is 3. The monoisotopic (exact) mass is 252 g/mol.